The van der Waals surface area contributed by atoms with Gasteiger partial charge in [-0.3, -0.25) is 14.2 Å². The van der Waals surface area contributed by atoms with E-state index in [4.69, 9.17) is 4.42 Å². The number of aromatic hydroxyl groups is 1. The van der Waals surface area contributed by atoms with Gasteiger partial charge in [0.05, 0.1) is 5.56 Å². The number of aryl methyl sites for hydroxylation is 3. The fourth-order valence-electron chi connectivity index (χ4n) is 4.25. The lowest BCUT2D eigenvalue weighted by atomic mass is 9.97. The summed E-state index contributed by atoms with van der Waals surface area (Å²) in [6.07, 6.45) is 3.61. The van der Waals surface area contributed by atoms with Crippen molar-refractivity contribution in [3.63, 3.8) is 0 Å². The van der Waals surface area contributed by atoms with Crippen molar-refractivity contribution < 1.29 is 14.3 Å². The number of hydrogen-bond donors (Lipinski definition) is 1. The van der Waals surface area contributed by atoms with Gasteiger partial charge in [-0.15, -0.1) is 0 Å². The van der Waals surface area contributed by atoms with Crippen LogP contribution >= 0.6 is 0 Å². The predicted molar refractivity (Wildman–Crippen MR) is 120 cm³/mol. The van der Waals surface area contributed by atoms with Crippen LogP contribution in [0.3, 0.4) is 0 Å². The molecule has 0 atom stereocenters. The van der Waals surface area contributed by atoms with Crippen molar-refractivity contribution in [3.05, 3.63) is 61.6 Å². The summed E-state index contributed by atoms with van der Waals surface area (Å²) >= 11 is 0. The van der Waals surface area contributed by atoms with Crippen molar-refractivity contribution in [1.82, 2.24) is 4.57 Å². The molecule has 162 valence electrons. The number of hydrogen-bond acceptors (Lipinski definition) is 5. The zero-order chi connectivity index (χ0) is 22.9. The molecule has 0 aliphatic rings. The van der Waals surface area contributed by atoms with Crippen LogP contribution in [-0.2, 0) is 6.54 Å². The van der Waals surface area contributed by atoms with Gasteiger partial charge in [-0.1, -0.05) is 32.3 Å². The van der Waals surface area contributed by atoms with Gasteiger partial charge in [-0.2, -0.15) is 5.26 Å². The number of unbranched alkanes of at least 4 members (excludes halogenated alkanes) is 3. The Hall–Kier alpha value is -3.33. The summed E-state index contributed by atoms with van der Waals surface area (Å²) in [7, 11) is 0. The average Bonchev–Trinajstić information content (AvgIpc) is 3.04. The molecule has 0 saturated carbocycles. The molecule has 3 aromatic rings. The summed E-state index contributed by atoms with van der Waals surface area (Å²) in [5.41, 5.74) is 2.71. The van der Waals surface area contributed by atoms with Crippen LogP contribution in [0.15, 0.2) is 21.3 Å². The molecule has 31 heavy (non-hydrogen) atoms. The highest BCUT2D eigenvalue weighted by Gasteiger charge is 2.29. The molecule has 6 nitrogen and oxygen atoms in total. The molecule has 0 unspecified atom stereocenters. The number of carbonyl (C=O) groups excluding carboxylic acids is 1. The molecule has 0 bridgehead atoms. The monoisotopic (exact) mass is 420 g/mol. The van der Waals surface area contributed by atoms with E-state index in [-0.39, 0.29) is 29.0 Å². The average molecular weight is 421 g/mol. The summed E-state index contributed by atoms with van der Waals surface area (Å²) in [4.78, 5) is 26.3. The molecule has 2 heterocycles. The second-order valence-electron chi connectivity index (χ2n) is 8.17. The Labute approximate surface area is 181 Å². The van der Waals surface area contributed by atoms with Gasteiger partial charge in [0.1, 0.15) is 17.2 Å². The van der Waals surface area contributed by atoms with Crippen molar-refractivity contribution in [3.8, 4) is 11.9 Å². The van der Waals surface area contributed by atoms with E-state index in [9.17, 15) is 20.0 Å². The predicted octanol–water partition coefficient (Wildman–Crippen LogP) is 5.22. The Bertz CT molecular complexity index is 1270. The van der Waals surface area contributed by atoms with Crippen LogP contribution in [0.1, 0.15) is 76.5 Å². The first-order chi connectivity index (χ1) is 14.7. The number of fused-ring (bicyclic) bond motifs is 1. The number of pyridine rings is 1. The highest BCUT2D eigenvalue weighted by molar-refractivity contribution is 6.13. The van der Waals surface area contributed by atoms with Gasteiger partial charge < -0.3 is 9.52 Å². The lowest BCUT2D eigenvalue weighted by Gasteiger charge is -2.15. The lowest BCUT2D eigenvalue weighted by Crippen LogP contribution is -2.27. The first-order valence-corrected chi connectivity index (χ1v) is 10.6. The standard InChI is InChI=1S/C25H28N2O4/c1-6-7-8-9-10-27-24(29)18(13-26)16(4)21(25(27)30)22(28)23-17(5)20-15(3)11-14(2)12-19(20)31-23/h11-12,30H,6-10H2,1-5H3. The minimum absolute atomic E-state index is 0.0526. The van der Waals surface area contributed by atoms with Crippen LogP contribution < -0.4 is 5.56 Å². The summed E-state index contributed by atoms with van der Waals surface area (Å²) in [5, 5.41) is 21.3. The molecule has 0 saturated heterocycles. The number of carbonyl (C=O) groups is 1. The largest absolute Gasteiger partial charge is 0.494 e. The maximum atomic E-state index is 13.5. The minimum atomic E-state index is -0.571. The topological polar surface area (TPSA) is 96.2 Å². The summed E-state index contributed by atoms with van der Waals surface area (Å²) in [6, 6.07) is 5.80. The second-order valence-corrected chi connectivity index (χ2v) is 8.17. The molecular weight excluding hydrogens is 392 g/mol. The first kappa shape index (κ1) is 22.4. The van der Waals surface area contributed by atoms with E-state index >= 15 is 0 Å². The molecule has 0 aliphatic carbocycles. The number of benzene rings is 1. The minimum Gasteiger partial charge on any atom is -0.494 e. The van der Waals surface area contributed by atoms with Crippen molar-refractivity contribution in [2.24, 2.45) is 0 Å². The summed E-state index contributed by atoms with van der Waals surface area (Å²) in [5.74, 6) is -0.822. The van der Waals surface area contributed by atoms with Gasteiger partial charge in [0.2, 0.25) is 11.7 Å². The maximum Gasteiger partial charge on any atom is 0.271 e. The molecule has 0 amide bonds. The van der Waals surface area contributed by atoms with Gasteiger partial charge in [-0.05, 0) is 56.9 Å². The van der Waals surface area contributed by atoms with Gasteiger partial charge >= 0.3 is 0 Å². The third-order valence-electron chi connectivity index (χ3n) is 5.84. The van der Waals surface area contributed by atoms with Crippen molar-refractivity contribution in [2.45, 2.75) is 66.8 Å². The Morgan fingerprint density at radius 2 is 1.84 bits per heavy atom. The first-order valence-electron chi connectivity index (χ1n) is 10.6. The van der Waals surface area contributed by atoms with Crippen LogP contribution in [0.25, 0.3) is 11.0 Å². The number of rotatable bonds is 7. The molecule has 0 spiro atoms. The van der Waals surface area contributed by atoms with E-state index in [1.807, 2.05) is 32.0 Å². The lowest BCUT2D eigenvalue weighted by molar-refractivity contribution is 0.100. The molecule has 0 aliphatic heterocycles. The van der Waals surface area contributed by atoms with Gasteiger partial charge in [0, 0.05) is 17.5 Å². The van der Waals surface area contributed by atoms with Crippen LogP contribution in [-0.4, -0.2) is 15.5 Å². The molecule has 3 rings (SSSR count). The zero-order valence-electron chi connectivity index (χ0n) is 18.8. The van der Waals surface area contributed by atoms with Gasteiger partial charge in [-0.25, -0.2) is 0 Å². The van der Waals surface area contributed by atoms with Crippen molar-refractivity contribution >= 4 is 16.8 Å². The van der Waals surface area contributed by atoms with Crippen LogP contribution in [0, 0.1) is 39.0 Å². The fraction of sp³-hybridized carbons (Fsp3) is 0.400. The number of nitrogens with zero attached hydrogens (tertiary/aromatic N) is 2. The Morgan fingerprint density at radius 1 is 1.13 bits per heavy atom. The molecule has 1 aromatic carbocycles. The smallest absolute Gasteiger partial charge is 0.271 e. The van der Waals surface area contributed by atoms with E-state index in [1.54, 1.807) is 6.92 Å². The fourth-order valence-corrected chi connectivity index (χ4v) is 4.25. The Balaban J connectivity index is 2.18. The van der Waals surface area contributed by atoms with E-state index in [0.29, 0.717) is 17.6 Å². The second kappa shape index (κ2) is 8.81. The zero-order valence-corrected chi connectivity index (χ0v) is 18.8. The Kier molecular flexibility index (Phi) is 6.35. The van der Waals surface area contributed by atoms with Crippen LogP contribution in [0.4, 0.5) is 0 Å². The van der Waals surface area contributed by atoms with E-state index in [1.165, 1.54) is 6.92 Å². The van der Waals surface area contributed by atoms with Gasteiger partial charge in [0.15, 0.2) is 5.76 Å². The number of furan rings is 1. The van der Waals surface area contributed by atoms with Crippen molar-refractivity contribution in [2.75, 3.05) is 0 Å². The SMILES string of the molecule is CCCCCCn1c(O)c(C(=O)c2oc3cc(C)cc(C)c3c2C)c(C)c(C#N)c1=O. The molecule has 0 fully saturated rings. The quantitative estimate of drug-likeness (QED) is 0.418. The number of aromatic nitrogens is 1. The molecule has 0 radical (unpaired) electrons. The molecule has 6 heteroatoms. The number of ketones is 1. The molecular formula is C25H28N2O4. The Morgan fingerprint density at radius 3 is 2.48 bits per heavy atom. The van der Waals surface area contributed by atoms with E-state index in [2.05, 4.69) is 6.92 Å². The molecule has 1 N–H and O–H groups in total. The van der Waals surface area contributed by atoms with E-state index < -0.39 is 17.2 Å². The van der Waals surface area contributed by atoms with Crippen molar-refractivity contribution in [1.29, 1.82) is 5.26 Å². The third-order valence-corrected chi connectivity index (χ3v) is 5.84. The summed E-state index contributed by atoms with van der Waals surface area (Å²) in [6.45, 7) is 9.56. The third kappa shape index (κ3) is 3.88. The van der Waals surface area contributed by atoms with Crippen LogP contribution in [0.2, 0.25) is 0 Å². The highest BCUT2D eigenvalue weighted by Crippen LogP contribution is 2.33. The highest BCUT2D eigenvalue weighted by atomic mass is 16.3. The normalized spacial score (nSPS) is 11.1. The number of nitriles is 1. The van der Waals surface area contributed by atoms with Gasteiger partial charge in [0.25, 0.3) is 5.56 Å². The van der Waals surface area contributed by atoms with Crippen LogP contribution in [0.5, 0.6) is 5.88 Å². The maximum absolute atomic E-state index is 13.5. The summed E-state index contributed by atoms with van der Waals surface area (Å²) < 4.78 is 7.05. The molecule has 2 aromatic heterocycles. The van der Waals surface area contributed by atoms with E-state index in [0.717, 1.165) is 40.3 Å².